The van der Waals surface area contributed by atoms with Crippen LogP contribution in [0.15, 0.2) is 47.6 Å². The summed E-state index contributed by atoms with van der Waals surface area (Å²) in [5.74, 6) is -0.155. The van der Waals surface area contributed by atoms with E-state index in [1.807, 2.05) is 38.1 Å². The van der Waals surface area contributed by atoms with Crippen LogP contribution in [0.5, 0.6) is 0 Å². The van der Waals surface area contributed by atoms with Crippen LogP contribution >= 0.6 is 0 Å². The van der Waals surface area contributed by atoms with Crippen LogP contribution in [0.2, 0.25) is 0 Å². The molecular formula is C21H25N3O. The first-order valence-electron chi connectivity index (χ1n) is 8.87. The summed E-state index contributed by atoms with van der Waals surface area (Å²) in [6.07, 6.45) is 4.86. The fourth-order valence-electron chi connectivity index (χ4n) is 3.06. The molecule has 2 aromatic rings. The third kappa shape index (κ3) is 4.69. The van der Waals surface area contributed by atoms with E-state index < -0.39 is 0 Å². The molecule has 0 fully saturated rings. The van der Waals surface area contributed by atoms with E-state index in [0.29, 0.717) is 0 Å². The maximum Gasteiger partial charge on any atom is 0.259 e. The Hall–Kier alpha value is -2.62. The van der Waals surface area contributed by atoms with Gasteiger partial charge in [0.25, 0.3) is 5.91 Å². The minimum Gasteiger partial charge on any atom is -0.376 e. The Kier molecular flexibility index (Phi) is 5.49. The Morgan fingerprint density at radius 2 is 1.76 bits per heavy atom. The first-order chi connectivity index (χ1) is 12.1. The van der Waals surface area contributed by atoms with Crippen molar-refractivity contribution in [1.82, 2.24) is 5.43 Å². The van der Waals surface area contributed by atoms with Gasteiger partial charge in [0.05, 0.1) is 12.3 Å². The van der Waals surface area contributed by atoms with Crippen LogP contribution in [0.25, 0.3) is 0 Å². The zero-order chi connectivity index (χ0) is 17.6. The maximum absolute atomic E-state index is 12.0. The van der Waals surface area contributed by atoms with Crippen LogP contribution in [-0.4, -0.2) is 18.2 Å². The molecule has 0 aliphatic heterocycles. The van der Waals surface area contributed by atoms with E-state index in [9.17, 15) is 4.79 Å². The van der Waals surface area contributed by atoms with E-state index >= 15 is 0 Å². The molecule has 1 aliphatic rings. The number of nitrogens with zero attached hydrogens (tertiary/aromatic N) is 1. The first-order valence-corrected chi connectivity index (χ1v) is 8.87. The average molecular weight is 335 g/mol. The van der Waals surface area contributed by atoms with Crippen LogP contribution in [-0.2, 0) is 17.6 Å². The number of hydrazone groups is 1. The Bertz CT molecular complexity index is 778. The normalized spacial score (nSPS) is 13.9. The van der Waals surface area contributed by atoms with E-state index in [-0.39, 0.29) is 12.5 Å². The Morgan fingerprint density at radius 1 is 1.04 bits per heavy atom. The second-order valence-corrected chi connectivity index (χ2v) is 6.64. The van der Waals surface area contributed by atoms with Gasteiger partial charge in [-0.25, -0.2) is 5.43 Å². The smallest absolute Gasteiger partial charge is 0.259 e. The fraction of sp³-hybridized carbons (Fsp3) is 0.333. The highest BCUT2D eigenvalue weighted by molar-refractivity contribution is 5.99. The van der Waals surface area contributed by atoms with Crippen LogP contribution in [0.3, 0.4) is 0 Å². The van der Waals surface area contributed by atoms with E-state index in [0.717, 1.165) is 23.4 Å². The molecule has 0 atom stereocenters. The third-order valence-electron chi connectivity index (χ3n) is 4.62. The molecule has 25 heavy (non-hydrogen) atoms. The van der Waals surface area contributed by atoms with Crippen molar-refractivity contribution in [1.29, 1.82) is 0 Å². The van der Waals surface area contributed by atoms with E-state index in [1.165, 1.54) is 36.0 Å². The monoisotopic (exact) mass is 335 g/mol. The molecule has 2 N–H and O–H groups in total. The Morgan fingerprint density at radius 3 is 2.52 bits per heavy atom. The van der Waals surface area contributed by atoms with Gasteiger partial charge in [0.2, 0.25) is 0 Å². The molecule has 1 aliphatic carbocycles. The first kappa shape index (κ1) is 17.2. The van der Waals surface area contributed by atoms with Crippen molar-refractivity contribution in [2.45, 2.75) is 39.5 Å². The highest BCUT2D eigenvalue weighted by atomic mass is 16.2. The minimum atomic E-state index is -0.155. The number of nitrogens with one attached hydrogen (secondary N) is 2. The fourth-order valence-corrected chi connectivity index (χ4v) is 3.06. The molecule has 1 amide bonds. The van der Waals surface area contributed by atoms with Crippen molar-refractivity contribution in [2.75, 3.05) is 11.9 Å². The van der Waals surface area contributed by atoms with Gasteiger partial charge >= 0.3 is 0 Å². The highest BCUT2D eigenvalue weighted by Gasteiger charge is 2.10. The van der Waals surface area contributed by atoms with Crippen molar-refractivity contribution in [3.05, 3.63) is 64.7 Å². The van der Waals surface area contributed by atoms with Gasteiger partial charge < -0.3 is 5.32 Å². The highest BCUT2D eigenvalue weighted by Crippen LogP contribution is 2.22. The number of fused-ring (bicyclic) bond motifs is 1. The van der Waals surface area contributed by atoms with Crippen LogP contribution in [0.4, 0.5) is 5.69 Å². The van der Waals surface area contributed by atoms with Gasteiger partial charge in [0.15, 0.2) is 0 Å². The lowest BCUT2D eigenvalue weighted by Crippen LogP contribution is -2.26. The van der Waals surface area contributed by atoms with E-state index in [4.69, 9.17) is 0 Å². The zero-order valence-electron chi connectivity index (χ0n) is 14.9. The summed E-state index contributed by atoms with van der Waals surface area (Å²) in [6.45, 7) is 4.16. The van der Waals surface area contributed by atoms with Gasteiger partial charge in [0.1, 0.15) is 0 Å². The third-order valence-corrected chi connectivity index (χ3v) is 4.62. The Labute approximate surface area is 149 Å². The lowest BCUT2D eigenvalue weighted by Gasteiger charge is -2.16. The average Bonchev–Trinajstić information content (AvgIpc) is 2.65. The lowest BCUT2D eigenvalue weighted by atomic mass is 9.90. The second kappa shape index (κ2) is 7.97. The molecule has 2 aromatic carbocycles. The summed E-state index contributed by atoms with van der Waals surface area (Å²) >= 11 is 0. The number of hydrogen-bond acceptors (Lipinski definition) is 3. The molecular weight excluding hydrogens is 310 g/mol. The van der Waals surface area contributed by atoms with Gasteiger partial charge in [-0.1, -0.05) is 29.8 Å². The predicted molar refractivity (Wildman–Crippen MR) is 103 cm³/mol. The topological polar surface area (TPSA) is 53.5 Å². The molecule has 0 aromatic heterocycles. The van der Waals surface area contributed by atoms with Crippen molar-refractivity contribution in [3.8, 4) is 0 Å². The number of anilines is 1. The van der Waals surface area contributed by atoms with Crippen molar-refractivity contribution >= 4 is 17.3 Å². The molecule has 0 bridgehead atoms. The number of aryl methyl sites for hydroxylation is 3. The van der Waals surface area contributed by atoms with Crippen molar-refractivity contribution < 1.29 is 4.79 Å². The number of carbonyl (C=O) groups excluding carboxylic acids is 1. The molecule has 130 valence electrons. The molecule has 0 saturated carbocycles. The molecule has 0 heterocycles. The van der Waals surface area contributed by atoms with Crippen LogP contribution < -0.4 is 10.7 Å². The van der Waals surface area contributed by atoms with E-state index in [1.54, 1.807) is 0 Å². The number of hydrogen-bond donors (Lipinski definition) is 2. The predicted octanol–water partition coefficient (Wildman–Crippen LogP) is 3.83. The molecule has 0 saturated heterocycles. The summed E-state index contributed by atoms with van der Waals surface area (Å²) in [4.78, 5) is 12.0. The van der Waals surface area contributed by atoms with E-state index in [2.05, 4.69) is 34.0 Å². The van der Waals surface area contributed by atoms with Crippen molar-refractivity contribution in [2.24, 2.45) is 5.10 Å². The molecule has 0 spiro atoms. The summed E-state index contributed by atoms with van der Waals surface area (Å²) < 4.78 is 0. The maximum atomic E-state index is 12.0. The van der Waals surface area contributed by atoms with Crippen molar-refractivity contribution in [3.63, 3.8) is 0 Å². The summed E-state index contributed by atoms with van der Waals surface area (Å²) in [5.41, 5.74) is 9.53. The molecule has 3 rings (SSSR count). The van der Waals surface area contributed by atoms with Crippen LogP contribution in [0.1, 0.15) is 42.0 Å². The standard InChI is InChI=1S/C21H25N3O/c1-15-7-11-20(12-8-15)22-14-21(25)24-23-16(2)18-10-9-17-5-3-4-6-19(17)13-18/h7-13,22H,3-6,14H2,1-2H3,(H,24,25)/b23-16+. The number of rotatable bonds is 5. The molecule has 0 radical (unpaired) electrons. The van der Waals surface area contributed by atoms with Gasteiger partial charge in [-0.3, -0.25) is 4.79 Å². The molecule has 0 unspecified atom stereocenters. The minimum absolute atomic E-state index is 0.155. The van der Waals surface area contributed by atoms with Gasteiger partial charge in [0, 0.05) is 5.69 Å². The number of benzene rings is 2. The van der Waals surface area contributed by atoms with Gasteiger partial charge in [-0.05, 0) is 74.4 Å². The Balaban J connectivity index is 1.55. The summed E-state index contributed by atoms with van der Waals surface area (Å²) in [5, 5.41) is 7.34. The zero-order valence-corrected chi connectivity index (χ0v) is 14.9. The lowest BCUT2D eigenvalue weighted by molar-refractivity contribution is -0.119. The molecule has 4 heteroatoms. The number of carbonyl (C=O) groups is 1. The van der Waals surface area contributed by atoms with Gasteiger partial charge in [-0.15, -0.1) is 0 Å². The summed E-state index contributed by atoms with van der Waals surface area (Å²) in [7, 11) is 0. The quantitative estimate of drug-likeness (QED) is 0.644. The second-order valence-electron chi connectivity index (χ2n) is 6.64. The van der Waals surface area contributed by atoms with Crippen LogP contribution in [0, 0.1) is 6.92 Å². The van der Waals surface area contributed by atoms with Gasteiger partial charge in [-0.2, -0.15) is 5.10 Å². The SMILES string of the molecule is C/C(=N\NC(=O)CNc1ccc(C)cc1)c1ccc2c(c1)CCCC2. The largest absolute Gasteiger partial charge is 0.376 e. The molecule has 4 nitrogen and oxygen atoms in total. The summed E-state index contributed by atoms with van der Waals surface area (Å²) in [6, 6.07) is 14.5. The number of amides is 1.